The topological polar surface area (TPSA) is 71.3 Å². The molecule has 1 unspecified atom stereocenters. The van der Waals surface area contributed by atoms with Crippen molar-refractivity contribution in [1.29, 1.82) is 0 Å². The summed E-state index contributed by atoms with van der Waals surface area (Å²) in [6.07, 6.45) is 1.51. The lowest BCUT2D eigenvalue weighted by atomic mass is 9.95. The number of benzene rings is 2. The van der Waals surface area contributed by atoms with Gasteiger partial charge in [0.2, 0.25) is 17.6 Å². The van der Waals surface area contributed by atoms with Crippen LogP contribution >= 0.6 is 11.6 Å². The zero-order valence-electron chi connectivity index (χ0n) is 17.2. The molecular weight excluding hydrogens is 419 g/mol. The molecule has 1 atom stereocenters. The van der Waals surface area contributed by atoms with Gasteiger partial charge in [-0.1, -0.05) is 41.0 Å². The average molecular weight is 443 g/mol. The van der Waals surface area contributed by atoms with Gasteiger partial charge < -0.3 is 9.84 Å². The second-order valence-electron chi connectivity index (χ2n) is 7.82. The van der Waals surface area contributed by atoms with Gasteiger partial charge in [-0.15, -0.1) is 0 Å². The highest BCUT2D eigenvalue weighted by atomic mass is 35.5. The number of halogens is 2. The normalized spacial score (nSPS) is 16.2. The van der Waals surface area contributed by atoms with Crippen LogP contribution in [0.5, 0.6) is 0 Å². The largest absolute Gasteiger partial charge is 0.349 e. The van der Waals surface area contributed by atoms with Gasteiger partial charge in [0.25, 0.3) is 0 Å². The molecule has 2 aromatic carbocycles. The number of piperidine rings is 1. The van der Waals surface area contributed by atoms with Gasteiger partial charge in [0.1, 0.15) is 5.82 Å². The Balaban J connectivity index is 1.27. The number of nitrogens with one attached hydrogen (secondary N) is 1. The van der Waals surface area contributed by atoms with E-state index in [4.69, 9.17) is 16.1 Å². The van der Waals surface area contributed by atoms with Gasteiger partial charge in [-0.25, -0.2) is 4.39 Å². The van der Waals surface area contributed by atoms with Crippen LogP contribution in [0, 0.1) is 11.7 Å². The van der Waals surface area contributed by atoms with Crippen LogP contribution in [0.25, 0.3) is 11.4 Å². The minimum Gasteiger partial charge on any atom is -0.349 e. The van der Waals surface area contributed by atoms with Gasteiger partial charge >= 0.3 is 0 Å². The Morgan fingerprint density at radius 3 is 2.65 bits per heavy atom. The van der Waals surface area contributed by atoms with Crippen LogP contribution in [0.4, 0.5) is 4.39 Å². The Bertz CT molecular complexity index is 1030. The third-order valence-electron chi connectivity index (χ3n) is 5.63. The van der Waals surface area contributed by atoms with Crippen molar-refractivity contribution in [2.24, 2.45) is 5.92 Å². The van der Waals surface area contributed by atoms with Crippen molar-refractivity contribution in [3.8, 4) is 11.4 Å². The van der Waals surface area contributed by atoms with Crippen molar-refractivity contribution in [2.75, 3.05) is 13.1 Å². The highest BCUT2D eigenvalue weighted by Gasteiger charge is 2.27. The van der Waals surface area contributed by atoms with Crippen molar-refractivity contribution in [3.63, 3.8) is 0 Å². The number of hydrogen-bond acceptors (Lipinski definition) is 5. The zero-order chi connectivity index (χ0) is 21.8. The number of likely N-dealkylation sites (tertiary alicyclic amines) is 1. The van der Waals surface area contributed by atoms with Crippen molar-refractivity contribution in [2.45, 2.75) is 32.4 Å². The summed E-state index contributed by atoms with van der Waals surface area (Å²) in [5.41, 5.74) is 1.63. The van der Waals surface area contributed by atoms with Gasteiger partial charge in [-0.3, -0.25) is 9.69 Å². The van der Waals surface area contributed by atoms with E-state index in [9.17, 15) is 9.18 Å². The van der Waals surface area contributed by atoms with E-state index in [2.05, 4.69) is 20.4 Å². The number of carbonyl (C=O) groups is 1. The van der Waals surface area contributed by atoms with E-state index in [0.29, 0.717) is 23.3 Å². The first kappa shape index (κ1) is 21.5. The molecule has 1 aliphatic heterocycles. The molecule has 1 saturated heterocycles. The first-order valence-electron chi connectivity index (χ1n) is 10.4. The van der Waals surface area contributed by atoms with Crippen molar-refractivity contribution < 1.29 is 13.7 Å². The molecule has 1 aromatic heterocycles. The molecule has 162 valence electrons. The Morgan fingerprint density at radius 2 is 1.94 bits per heavy atom. The Labute approximate surface area is 185 Å². The van der Waals surface area contributed by atoms with E-state index >= 15 is 0 Å². The molecule has 0 radical (unpaired) electrons. The standard InChI is InChI=1S/C23H24ClFN4O2/c1-15(16-6-8-18(25)9-7-16)26-23(30)17-10-12-29(13-11-17)14-21-27-22(28-31-21)19-4-2-3-5-20(19)24/h2-9,15,17H,10-14H2,1H3,(H,26,30). The maximum atomic E-state index is 13.1. The maximum absolute atomic E-state index is 13.1. The molecule has 8 heteroatoms. The molecule has 0 bridgehead atoms. The minimum absolute atomic E-state index is 0.0373. The smallest absolute Gasteiger partial charge is 0.241 e. The zero-order valence-corrected chi connectivity index (χ0v) is 18.0. The molecule has 0 aliphatic carbocycles. The fourth-order valence-electron chi connectivity index (χ4n) is 3.78. The van der Waals surface area contributed by atoms with Crippen LogP contribution in [0.15, 0.2) is 53.1 Å². The molecule has 1 N–H and O–H groups in total. The van der Waals surface area contributed by atoms with E-state index in [1.54, 1.807) is 18.2 Å². The summed E-state index contributed by atoms with van der Waals surface area (Å²) >= 11 is 6.20. The summed E-state index contributed by atoms with van der Waals surface area (Å²) in [5.74, 6) is 0.720. The second-order valence-corrected chi connectivity index (χ2v) is 8.23. The Morgan fingerprint density at radius 1 is 1.23 bits per heavy atom. The van der Waals surface area contributed by atoms with Gasteiger partial charge in [0, 0.05) is 11.5 Å². The fraction of sp³-hybridized carbons (Fsp3) is 0.348. The average Bonchev–Trinajstić information content (AvgIpc) is 3.23. The summed E-state index contributed by atoms with van der Waals surface area (Å²) in [5, 5.41) is 7.66. The lowest BCUT2D eigenvalue weighted by Gasteiger charge is -2.30. The van der Waals surface area contributed by atoms with Crippen molar-refractivity contribution >= 4 is 17.5 Å². The van der Waals surface area contributed by atoms with E-state index in [1.165, 1.54) is 12.1 Å². The second kappa shape index (κ2) is 9.58. The van der Waals surface area contributed by atoms with Crippen LogP contribution in [0.1, 0.15) is 37.3 Å². The van der Waals surface area contributed by atoms with Crippen molar-refractivity contribution in [3.05, 3.63) is 70.8 Å². The summed E-state index contributed by atoms with van der Waals surface area (Å²) in [6, 6.07) is 13.4. The molecule has 0 saturated carbocycles. The van der Waals surface area contributed by atoms with Crippen LogP contribution in [-0.2, 0) is 11.3 Å². The van der Waals surface area contributed by atoms with Crippen LogP contribution in [-0.4, -0.2) is 34.0 Å². The van der Waals surface area contributed by atoms with Crippen LogP contribution in [0.2, 0.25) is 5.02 Å². The van der Waals surface area contributed by atoms with E-state index in [0.717, 1.165) is 37.1 Å². The molecule has 0 spiro atoms. The third kappa shape index (κ3) is 5.29. The maximum Gasteiger partial charge on any atom is 0.241 e. The van der Waals surface area contributed by atoms with Crippen LogP contribution < -0.4 is 5.32 Å². The summed E-state index contributed by atoms with van der Waals surface area (Å²) < 4.78 is 18.5. The number of nitrogens with zero attached hydrogens (tertiary/aromatic N) is 3. The van der Waals surface area contributed by atoms with Gasteiger partial charge in [-0.05, 0) is 62.7 Å². The highest BCUT2D eigenvalue weighted by molar-refractivity contribution is 6.33. The number of hydrogen-bond donors (Lipinski definition) is 1. The van der Waals surface area contributed by atoms with E-state index in [1.807, 2.05) is 25.1 Å². The first-order chi connectivity index (χ1) is 15.0. The molecule has 1 amide bonds. The molecule has 31 heavy (non-hydrogen) atoms. The predicted molar refractivity (Wildman–Crippen MR) is 116 cm³/mol. The lowest BCUT2D eigenvalue weighted by Crippen LogP contribution is -2.40. The predicted octanol–water partition coefficient (Wildman–Crippen LogP) is 4.62. The number of amides is 1. The fourth-order valence-corrected chi connectivity index (χ4v) is 4.00. The summed E-state index contributed by atoms with van der Waals surface area (Å²) in [6.45, 7) is 3.99. The lowest BCUT2D eigenvalue weighted by molar-refractivity contribution is -0.127. The van der Waals surface area contributed by atoms with Gasteiger partial charge in [0.15, 0.2) is 0 Å². The monoisotopic (exact) mass is 442 g/mol. The number of rotatable bonds is 6. The number of carbonyl (C=O) groups excluding carboxylic acids is 1. The number of aromatic nitrogens is 2. The highest BCUT2D eigenvalue weighted by Crippen LogP contribution is 2.26. The molecule has 1 aliphatic rings. The third-order valence-corrected chi connectivity index (χ3v) is 5.96. The summed E-state index contributed by atoms with van der Waals surface area (Å²) in [7, 11) is 0. The first-order valence-corrected chi connectivity index (χ1v) is 10.7. The molecule has 1 fully saturated rings. The Kier molecular flexibility index (Phi) is 6.63. The van der Waals surface area contributed by atoms with Gasteiger partial charge in [-0.2, -0.15) is 4.98 Å². The minimum atomic E-state index is -0.283. The molecular formula is C23H24ClFN4O2. The molecule has 2 heterocycles. The van der Waals surface area contributed by atoms with E-state index in [-0.39, 0.29) is 23.7 Å². The quantitative estimate of drug-likeness (QED) is 0.603. The summed E-state index contributed by atoms with van der Waals surface area (Å²) in [4.78, 5) is 19.3. The molecule has 4 rings (SSSR count). The van der Waals surface area contributed by atoms with Crippen molar-refractivity contribution in [1.82, 2.24) is 20.4 Å². The molecule has 6 nitrogen and oxygen atoms in total. The SMILES string of the molecule is CC(NC(=O)C1CCN(Cc2nc(-c3ccccc3Cl)no2)CC1)c1ccc(F)cc1. The van der Waals surface area contributed by atoms with Gasteiger partial charge in [0.05, 0.1) is 17.6 Å². The van der Waals surface area contributed by atoms with Crippen LogP contribution in [0.3, 0.4) is 0 Å². The van der Waals surface area contributed by atoms with E-state index < -0.39 is 0 Å². The Hall–Kier alpha value is -2.77. The molecule has 3 aromatic rings.